The summed E-state index contributed by atoms with van der Waals surface area (Å²) in [6.07, 6.45) is 1.84. The van der Waals surface area contributed by atoms with Crippen molar-refractivity contribution in [1.29, 1.82) is 0 Å². The Labute approximate surface area is 126 Å². The SMILES string of the molecule is CCOc1ccc(CCNC(=O)[C@@H]2C[C@H]2C)cc1OCC. The third-order valence-corrected chi connectivity index (χ3v) is 3.77. The standard InChI is InChI=1S/C17H25NO3/c1-4-20-15-7-6-13(11-16(15)21-5-2)8-9-18-17(19)14-10-12(14)3/h6-7,11-12,14H,4-5,8-10H2,1-3H3,(H,18,19)/t12-,14-/m1/s1. The number of carbonyl (C=O) groups is 1. The number of nitrogens with one attached hydrogen (secondary N) is 1. The number of ether oxygens (including phenoxy) is 2. The van der Waals surface area contributed by atoms with E-state index in [1.807, 2.05) is 32.0 Å². The lowest BCUT2D eigenvalue weighted by atomic mass is 10.1. The first-order chi connectivity index (χ1) is 10.2. The van der Waals surface area contributed by atoms with E-state index in [0.29, 0.717) is 25.7 Å². The summed E-state index contributed by atoms with van der Waals surface area (Å²) < 4.78 is 11.2. The van der Waals surface area contributed by atoms with E-state index in [9.17, 15) is 4.79 Å². The normalized spacial score (nSPS) is 20.0. The van der Waals surface area contributed by atoms with E-state index >= 15 is 0 Å². The molecule has 0 radical (unpaired) electrons. The maximum atomic E-state index is 11.8. The second kappa shape index (κ2) is 7.34. The molecule has 1 aliphatic carbocycles. The highest BCUT2D eigenvalue weighted by Gasteiger charge is 2.38. The van der Waals surface area contributed by atoms with Gasteiger partial charge < -0.3 is 14.8 Å². The van der Waals surface area contributed by atoms with Crippen molar-refractivity contribution in [2.24, 2.45) is 11.8 Å². The summed E-state index contributed by atoms with van der Waals surface area (Å²) in [4.78, 5) is 11.8. The van der Waals surface area contributed by atoms with Gasteiger partial charge in [0.05, 0.1) is 13.2 Å². The summed E-state index contributed by atoms with van der Waals surface area (Å²) in [5.74, 6) is 2.54. The highest BCUT2D eigenvalue weighted by atomic mass is 16.5. The van der Waals surface area contributed by atoms with E-state index in [1.54, 1.807) is 0 Å². The van der Waals surface area contributed by atoms with Crippen LogP contribution in [-0.2, 0) is 11.2 Å². The molecule has 1 saturated carbocycles. The summed E-state index contributed by atoms with van der Waals surface area (Å²) in [7, 11) is 0. The van der Waals surface area contributed by atoms with E-state index in [-0.39, 0.29) is 11.8 Å². The molecule has 1 N–H and O–H groups in total. The lowest BCUT2D eigenvalue weighted by Crippen LogP contribution is -2.27. The van der Waals surface area contributed by atoms with E-state index in [2.05, 4.69) is 12.2 Å². The Morgan fingerprint density at radius 1 is 1.24 bits per heavy atom. The van der Waals surface area contributed by atoms with Gasteiger partial charge in [0.2, 0.25) is 5.91 Å². The number of rotatable bonds is 8. The molecule has 21 heavy (non-hydrogen) atoms. The van der Waals surface area contributed by atoms with Gasteiger partial charge in [-0.15, -0.1) is 0 Å². The fourth-order valence-corrected chi connectivity index (χ4v) is 2.40. The number of hydrogen-bond donors (Lipinski definition) is 1. The van der Waals surface area contributed by atoms with Crippen LogP contribution in [0.5, 0.6) is 11.5 Å². The second-order valence-electron chi connectivity index (χ2n) is 5.51. The summed E-state index contributed by atoms with van der Waals surface area (Å²) in [6.45, 7) is 7.93. The monoisotopic (exact) mass is 291 g/mol. The Bertz CT molecular complexity index is 487. The molecule has 0 aromatic heterocycles. The summed E-state index contributed by atoms with van der Waals surface area (Å²) in [5.41, 5.74) is 1.14. The van der Waals surface area contributed by atoms with Crippen molar-refractivity contribution in [2.75, 3.05) is 19.8 Å². The Kier molecular flexibility index (Phi) is 5.48. The van der Waals surface area contributed by atoms with Gasteiger partial charge in [-0.25, -0.2) is 0 Å². The van der Waals surface area contributed by atoms with Crippen molar-refractivity contribution in [1.82, 2.24) is 5.32 Å². The first kappa shape index (κ1) is 15.7. The van der Waals surface area contributed by atoms with Crippen molar-refractivity contribution < 1.29 is 14.3 Å². The Morgan fingerprint density at radius 3 is 2.52 bits per heavy atom. The first-order valence-corrected chi connectivity index (χ1v) is 7.81. The molecule has 2 atom stereocenters. The van der Waals surface area contributed by atoms with Gasteiger partial charge >= 0.3 is 0 Å². The number of carbonyl (C=O) groups excluding carboxylic acids is 1. The largest absolute Gasteiger partial charge is 0.490 e. The molecule has 0 unspecified atom stereocenters. The fraction of sp³-hybridized carbons (Fsp3) is 0.588. The average molecular weight is 291 g/mol. The van der Waals surface area contributed by atoms with E-state index in [1.165, 1.54) is 0 Å². The lowest BCUT2D eigenvalue weighted by Gasteiger charge is -2.12. The molecule has 0 heterocycles. The molecule has 0 saturated heterocycles. The molecule has 1 aliphatic rings. The lowest BCUT2D eigenvalue weighted by molar-refractivity contribution is -0.122. The van der Waals surface area contributed by atoms with Gasteiger partial charge in [-0.05, 0) is 50.3 Å². The predicted molar refractivity (Wildman–Crippen MR) is 82.8 cm³/mol. The van der Waals surface area contributed by atoms with Crippen molar-refractivity contribution in [3.63, 3.8) is 0 Å². The smallest absolute Gasteiger partial charge is 0.223 e. The minimum absolute atomic E-state index is 0.193. The maximum Gasteiger partial charge on any atom is 0.223 e. The summed E-state index contributed by atoms with van der Waals surface area (Å²) >= 11 is 0. The molecular formula is C17H25NO3. The maximum absolute atomic E-state index is 11.8. The van der Waals surface area contributed by atoms with Crippen LogP contribution in [0.2, 0.25) is 0 Å². The molecule has 1 aromatic carbocycles. The molecule has 1 aromatic rings. The van der Waals surface area contributed by atoms with Crippen molar-refractivity contribution in [3.8, 4) is 11.5 Å². The Balaban J connectivity index is 1.87. The van der Waals surface area contributed by atoms with Crippen LogP contribution in [0.15, 0.2) is 18.2 Å². The average Bonchev–Trinajstić information content (AvgIpc) is 3.19. The van der Waals surface area contributed by atoms with Crippen LogP contribution < -0.4 is 14.8 Å². The highest BCUT2D eigenvalue weighted by molar-refractivity contribution is 5.81. The molecule has 4 nitrogen and oxygen atoms in total. The second-order valence-corrected chi connectivity index (χ2v) is 5.51. The van der Waals surface area contributed by atoms with Crippen molar-refractivity contribution in [3.05, 3.63) is 23.8 Å². The van der Waals surface area contributed by atoms with E-state index in [4.69, 9.17) is 9.47 Å². The molecule has 2 rings (SSSR count). The van der Waals surface area contributed by atoms with Crippen molar-refractivity contribution >= 4 is 5.91 Å². The van der Waals surface area contributed by atoms with E-state index in [0.717, 1.165) is 29.9 Å². The van der Waals surface area contributed by atoms with Crippen LogP contribution in [0.1, 0.15) is 32.8 Å². The zero-order valence-electron chi connectivity index (χ0n) is 13.1. The third kappa shape index (κ3) is 4.38. The summed E-state index contributed by atoms with van der Waals surface area (Å²) in [5, 5.41) is 3.00. The zero-order chi connectivity index (χ0) is 15.2. The molecular weight excluding hydrogens is 266 g/mol. The topological polar surface area (TPSA) is 47.6 Å². The number of benzene rings is 1. The first-order valence-electron chi connectivity index (χ1n) is 7.81. The molecule has 1 fully saturated rings. The van der Waals surface area contributed by atoms with Crippen LogP contribution in [0.4, 0.5) is 0 Å². The van der Waals surface area contributed by atoms with Gasteiger partial charge in [-0.2, -0.15) is 0 Å². The van der Waals surface area contributed by atoms with Crippen molar-refractivity contribution in [2.45, 2.75) is 33.6 Å². The minimum atomic E-state index is 0.193. The molecule has 1 amide bonds. The van der Waals surface area contributed by atoms with Gasteiger partial charge in [-0.3, -0.25) is 4.79 Å². The number of hydrogen-bond acceptors (Lipinski definition) is 3. The Hall–Kier alpha value is -1.71. The fourth-order valence-electron chi connectivity index (χ4n) is 2.40. The quantitative estimate of drug-likeness (QED) is 0.801. The predicted octanol–water partition coefficient (Wildman–Crippen LogP) is 2.80. The molecule has 116 valence electrons. The molecule has 0 spiro atoms. The Morgan fingerprint density at radius 2 is 1.90 bits per heavy atom. The van der Waals surface area contributed by atoms with Gasteiger partial charge in [0, 0.05) is 12.5 Å². The van der Waals surface area contributed by atoms with Crippen LogP contribution in [-0.4, -0.2) is 25.7 Å². The van der Waals surface area contributed by atoms with Crippen LogP contribution in [0.25, 0.3) is 0 Å². The minimum Gasteiger partial charge on any atom is -0.490 e. The van der Waals surface area contributed by atoms with Crippen LogP contribution >= 0.6 is 0 Å². The van der Waals surface area contributed by atoms with Gasteiger partial charge in [0.15, 0.2) is 11.5 Å². The number of amides is 1. The summed E-state index contributed by atoms with van der Waals surface area (Å²) in [6, 6.07) is 5.97. The zero-order valence-corrected chi connectivity index (χ0v) is 13.1. The van der Waals surface area contributed by atoms with Crippen LogP contribution in [0.3, 0.4) is 0 Å². The molecule has 0 aliphatic heterocycles. The van der Waals surface area contributed by atoms with Crippen LogP contribution in [0, 0.1) is 11.8 Å². The molecule has 4 heteroatoms. The van der Waals surface area contributed by atoms with E-state index < -0.39 is 0 Å². The van der Waals surface area contributed by atoms with Gasteiger partial charge in [-0.1, -0.05) is 13.0 Å². The van der Waals surface area contributed by atoms with Gasteiger partial charge in [0.25, 0.3) is 0 Å². The third-order valence-electron chi connectivity index (χ3n) is 3.77. The van der Waals surface area contributed by atoms with Gasteiger partial charge in [0.1, 0.15) is 0 Å². The highest BCUT2D eigenvalue weighted by Crippen LogP contribution is 2.37. The molecule has 0 bridgehead atoms.